The van der Waals surface area contributed by atoms with E-state index in [1.165, 1.54) is 18.2 Å². The van der Waals surface area contributed by atoms with Gasteiger partial charge in [-0.15, -0.1) is 0 Å². The van der Waals surface area contributed by atoms with Crippen molar-refractivity contribution in [1.29, 1.82) is 5.26 Å². The average molecular weight is 482 g/mol. The van der Waals surface area contributed by atoms with Crippen LogP contribution in [0, 0.1) is 18.3 Å². The highest BCUT2D eigenvalue weighted by molar-refractivity contribution is 6.31. The molecule has 2 heterocycles. The van der Waals surface area contributed by atoms with Gasteiger partial charge < -0.3 is 5.32 Å². The van der Waals surface area contributed by atoms with Crippen LogP contribution in [0.25, 0.3) is 22.7 Å². The number of rotatable bonds is 4. The largest absolute Gasteiger partial charge is 0.416 e. The van der Waals surface area contributed by atoms with Crippen molar-refractivity contribution in [2.24, 2.45) is 0 Å². The molecule has 2 aromatic carbocycles. The molecule has 4 aromatic rings. The topological polar surface area (TPSA) is 83.6 Å². The highest BCUT2D eigenvalue weighted by Crippen LogP contribution is 2.32. The monoisotopic (exact) mass is 481 g/mol. The lowest BCUT2D eigenvalue weighted by molar-refractivity contribution is -0.137. The molecular weight excluding hydrogens is 467 g/mol. The minimum Gasteiger partial charge on any atom is -0.321 e. The van der Waals surface area contributed by atoms with E-state index in [2.05, 4.69) is 15.4 Å². The van der Waals surface area contributed by atoms with Crippen molar-refractivity contribution in [3.05, 3.63) is 88.3 Å². The van der Waals surface area contributed by atoms with Crippen LogP contribution in [0.1, 0.15) is 16.8 Å². The van der Waals surface area contributed by atoms with Gasteiger partial charge in [-0.3, -0.25) is 9.78 Å². The molecule has 0 fully saturated rings. The molecule has 6 nitrogen and oxygen atoms in total. The summed E-state index contributed by atoms with van der Waals surface area (Å²) in [7, 11) is 0. The number of pyridine rings is 1. The fourth-order valence-corrected chi connectivity index (χ4v) is 3.68. The number of nitrogens with zero attached hydrogens (tertiary/aromatic N) is 4. The summed E-state index contributed by atoms with van der Waals surface area (Å²) < 4.78 is 40.4. The van der Waals surface area contributed by atoms with Crippen LogP contribution in [0.15, 0.2) is 66.4 Å². The predicted molar refractivity (Wildman–Crippen MR) is 122 cm³/mol. The first-order chi connectivity index (χ1) is 16.2. The first-order valence-electron chi connectivity index (χ1n) is 9.88. The van der Waals surface area contributed by atoms with Gasteiger partial charge in [-0.1, -0.05) is 23.7 Å². The molecule has 0 aliphatic carbocycles. The zero-order valence-corrected chi connectivity index (χ0v) is 18.3. The van der Waals surface area contributed by atoms with E-state index in [1.807, 2.05) is 6.07 Å². The van der Waals surface area contributed by atoms with E-state index in [-0.39, 0.29) is 22.0 Å². The summed E-state index contributed by atoms with van der Waals surface area (Å²) in [5, 5.41) is 17.1. The molecule has 4 rings (SSSR count). The Kier molecular flexibility index (Phi) is 6.09. The van der Waals surface area contributed by atoms with Crippen molar-refractivity contribution in [2.75, 3.05) is 5.32 Å². The molecule has 0 spiro atoms. The Morgan fingerprint density at radius 2 is 1.94 bits per heavy atom. The molecule has 170 valence electrons. The van der Waals surface area contributed by atoms with E-state index in [0.29, 0.717) is 22.3 Å². The highest BCUT2D eigenvalue weighted by Gasteiger charge is 2.31. The van der Waals surface area contributed by atoms with Crippen LogP contribution in [0.3, 0.4) is 0 Å². The van der Waals surface area contributed by atoms with E-state index in [0.717, 1.165) is 16.8 Å². The molecule has 1 amide bonds. The molecule has 0 saturated carbocycles. The van der Waals surface area contributed by atoms with Crippen LogP contribution in [-0.2, 0) is 11.0 Å². The predicted octanol–water partition coefficient (Wildman–Crippen LogP) is 5.95. The van der Waals surface area contributed by atoms with Crippen LogP contribution >= 0.6 is 11.6 Å². The number of carbonyl (C=O) groups is 1. The molecule has 0 aliphatic rings. The zero-order chi connectivity index (χ0) is 24.5. The van der Waals surface area contributed by atoms with Crippen LogP contribution < -0.4 is 5.32 Å². The molecule has 2 aromatic heterocycles. The number of nitriles is 1. The van der Waals surface area contributed by atoms with Crippen molar-refractivity contribution >= 4 is 40.2 Å². The summed E-state index contributed by atoms with van der Waals surface area (Å²) in [5.41, 5.74) is 0.696. The molecule has 0 saturated heterocycles. The smallest absolute Gasteiger partial charge is 0.321 e. The first-order valence-corrected chi connectivity index (χ1v) is 10.3. The quantitative estimate of drug-likeness (QED) is 0.288. The molecule has 1 N–H and O–H groups in total. The third kappa shape index (κ3) is 4.49. The molecule has 0 radical (unpaired) electrons. The summed E-state index contributed by atoms with van der Waals surface area (Å²) in [6.45, 7) is 1.57. The number of amides is 1. The molecular formula is C24H15ClF3N5O. The van der Waals surface area contributed by atoms with Crippen LogP contribution in [0.5, 0.6) is 0 Å². The summed E-state index contributed by atoms with van der Waals surface area (Å²) in [6.07, 6.45) is -1.65. The summed E-state index contributed by atoms with van der Waals surface area (Å²) in [5.74, 6) is -0.680. The number of benzene rings is 2. The number of anilines is 1. The Morgan fingerprint density at radius 1 is 1.18 bits per heavy atom. The Morgan fingerprint density at radius 3 is 2.68 bits per heavy atom. The minimum absolute atomic E-state index is 0.0354. The third-order valence-electron chi connectivity index (χ3n) is 5.01. The normalized spacial score (nSPS) is 11.9. The first kappa shape index (κ1) is 23.0. The van der Waals surface area contributed by atoms with E-state index in [1.54, 1.807) is 43.5 Å². The maximum Gasteiger partial charge on any atom is 0.416 e. The number of carbonyl (C=O) groups excluding carboxylic acids is 1. The van der Waals surface area contributed by atoms with Crippen molar-refractivity contribution in [3.8, 4) is 11.8 Å². The number of nitrogens with one attached hydrogen (secondary N) is 1. The minimum atomic E-state index is -4.53. The van der Waals surface area contributed by atoms with E-state index >= 15 is 0 Å². The molecule has 0 aliphatic heterocycles. The second kappa shape index (κ2) is 9.00. The second-order valence-corrected chi connectivity index (χ2v) is 7.61. The van der Waals surface area contributed by atoms with Gasteiger partial charge in [0.05, 0.1) is 28.1 Å². The van der Waals surface area contributed by atoms with Crippen molar-refractivity contribution < 1.29 is 18.0 Å². The summed E-state index contributed by atoms with van der Waals surface area (Å²) >= 11 is 6.40. The van der Waals surface area contributed by atoms with Gasteiger partial charge in [-0.2, -0.15) is 23.5 Å². The van der Waals surface area contributed by atoms with Crippen molar-refractivity contribution in [2.45, 2.75) is 13.1 Å². The second-order valence-electron chi connectivity index (χ2n) is 7.25. The molecule has 10 heteroatoms. The number of alkyl halides is 3. The van der Waals surface area contributed by atoms with E-state index in [9.17, 15) is 23.2 Å². The average Bonchev–Trinajstić information content (AvgIpc) is 3.10. The van der Waals surface area contributed by atoms with Gasteiger partial charge in [-0.05, 0) is 55.5 Å². The van der Waals surface area contributed by atoms with E-state index in [4.69, 9.17) is 11.6 Å². The lowest BCUT2D eigenvalue weighted by Crippen LogP contribution is -2.13. The number of aromatic nitrogens is 3. The lowest BCUT2D eigenvalue weighted by Gasteiger charge is -2.09. The molecule has 34 heavy (non-hydrogen) atoms. The van der Waals surface area contributed by atoms with Crippen molar-refractivity contribution in [1.82, 2.24) is 14.8 Å². The number of aryl methyl sites for hydroxylation is 1. The number of halogens is 4. The Bertz CT molecular complexity index is 1480. The van der Waals surface area contributed by atoms with Crippen LogP contribution in [0.4, 0.5) is 18.9 Å². The maximum absolute atomic E-state index is 13.1. The van der Waals surface area contributed by atoms with Gasteiger partial charge in [0.2, 0.25) is 0 Å². The number of fused-ring (bicyclic) bond motifs is 1. The molecule has 0 atom stereocenters. The van der Waals surface area contributed by atoms with Crippen LogP contribution in [-0.4, -0.2) is 20.7 Å². The van der Waals surface area contributed by atoms with E-state index < -0.39 is 17.6 Å². The Balaban J connectivity index is 1.69. The highest BCUT2D eigenvalue weighted by atomic mass is 35.5. The SMILES string of the molecule is Cc1nn(-c2cccc(C(F)(F)F)c2)c(Cl)c1C=C(C#N)C(=O)Nc1cccc2ncccc12. The maximum atomic E-state index is 13.1. The Labute approximate surface area is 196 Å². The standard InChI is InChI=1S/C24H15ClF3N5O/c1-14-19(22(25)33(32-14)17-6-2-5-16(12-17)24(26,27)28)11-15(13-29)23(34)31-21-9-3-8-20-18(21)7-4-10-30-20/h2-12H,1H3,(H,31,34). The van der Waals surface area contributed by atoms with Crippen molar-refractivity contribution in [3.63, 3.8) is 0 Å². The van der Waals surface area contributed by atoms with Gasteiger partial charge in [0.25, 0.3) is 5.91 Å². The molecule has 0 bridgehead atoms. The fraction of sp³-hybridized carbons (Fsp3) is 0.0833. The summed E-state index contributed by atoms with van der Waals surface area (Å²) in [6, 6.07) is 15.1. The van der Waals surface area contributed by atoms with Gasteiger partial charge in [0.15, 0.2) is 0 Å². The fourth-order valence-electron chi connectivity index (χ4n) is 3.36. The number of hydrogen-bond donors (Lipinski definition) is 1. The zero-order valence-electron chi connectivity index (χ0n) is 17.6. The number of hydrogen-bond acceptors (Lipinski definition) is 4. The Hall–Kier alpha value is -4.16. The van der Waals surface area contributed by atoms with Gasteiger partial charge >= 0.3 is 6.18 Å². The lowest BCUT2D eigenvalue weighted by atomic mass is 10.1. The van der Waals surface area contributed by atoms with Crippen LogP contribution in [0.2, 0.25) is 5.15 Å². The summed E-state index contributed by atoms with van der Waals surface area (Å²) in [4.78, 5) is 17.1. The third-order valence-corrected chi connectivity index (χ3v) is 5.38. The molecule has 0 unspecified atom stereocenters. The van der Waals surface area contributed by atoms with Gasteiger partial charge in [-0.25, -0.2) is 4.68 Å². The van der Waals surface area contributed by atoms with Gasteiger partial charge in [0.1, 0.15) is 16.8 Å². The van der Waals surface area contributed by atoms with Gasteiger partial charge in [0, 0.05) is 17.1 Å².